The molecule has 3 rings (SSSR count). The molecule has 0 aliphatic heterocycles. The van der Waals surface area contributed by atoms with Gasteiger partial charge in [0.25, 0.3) is 10.0 Å². The van der Waals surface area contributed by atoms with Crippen molar-refractivity contribution in [3.8, 4) is 11.5 Å². The predicted molar refractivity (Wildman–Crippen MR) is 135 cm³/mol. The molecule has 0 aromatic heterocycles. The van der Waals surface area contributed by atoms with E-state index in [1.165, 1.54) is 38.5 Å². The third-order valence-electron chi connectivity index (χ3n) is 5.15. The summed E-state index contributed by atoms with van der Waals surface area (Å²) in [5, 5.41) is 3.37. The molecule has 34 heavy (non-hydrogen) atoms. The molecule has 0 fully saturated rings. The van der Waals surface area contributed by atoms with Crippen LogP contribution in [-0.4, -0.2) is 35.1 Å². The van der Waals surface area contributed by atoms with Crippen molar-refractivity contribution in [3.63, 3.8) is 0 Å². The first-order chi connectivity index (χ1) is 16.1. The molecule has 3 aromatic carbocycles. The zero-order chi connectivity index (χ0) is 25.0. The number of halogens is 2. The van der Waals surface area contributed by atoms with E-state index in [0.717, 1.165) is 9.87 Å². The minimum Gasteiger partial charge on any atom is -0.495 e. The highest BCUT2D eigenvalue weighted by Crippen LogP contribution is 2.36. The predicted octanol–water partition coefficient (Wildman–Crippen LogP) is 5.46. The summed E-state index contributed by atoms with van der Waals surface area (Å²) in [5.74, 6) is 0.0244. The van der Waals surface area contributed by atoms with Crippen LogP contribution >= 0.6 is 23.2 Å². The van der Waals surface area contributed by atoms with Gasteiger partial charge in [0.1, 0.15) is 18.0 Å². The van der Waals surface area contributed by atoms with Crippen LogP contribution in [0.1, 0.15) is 11.1 Å². The maximum absolute atomic E-state index is 13.6. The van der Waals surface area contributed by atoms with Gasteiger partial charge in [0.2, 0.25) is 5.91 Å². The lowest BCUT2D eigenvalue weighted by Gasteiger charge is -2.26. The number of aryl methyl sites for hydroxylation is 1. The van der Waals surface area contributed by atoms with Crippen LogP contribution in [0.4, 0.5) is 11.4 Å². The van der Waals surface area contributed by atoms with Gasteiger partial charge in [-0.1, -0.05) is 47.0 Å². The monoisotopic (exact) mass is 522 g/mol. The highest BCUT2D eigenvalue weighted by atomic mass is 35.5. The number of rotatable bonds is 8. The molecule has 0 atom stereocenters. The number of methoxy groups -OCH3 is 2. The van der Waals surface area contributed by atoms with E-state index >= 15 is 0 Å². The summed E-state index contributed by atoms with van der Waals surface area (Å²) >= 11 is 12.4. The fourth-order valence-electron chi connectivity index (χ4n) is 3.28. The third-order valence-corrected chi connectivity index (χ3v) is 7.63. The van der Waals surface area contributed by atoms with Crippen LogP contribution in [0.2, 0.25) is 10.0 Å². The fourth-order valence-corrected chi connectivity index (χ4v) is 5.16. The number of nitrogens with zero attached hydrogens (tertiary/aromatic N) is 1. The average Bonchev–Trinajstić information content (AvgIpc) is 2.80. The van der Waals surface area contributed by atoms with Crippen molar-refractivity contribution in [2.75, 3.05) is 30.4 Å². The maximum Gasteiger partial charge on any atom is 0.264 e. The van der Waals surface area contributed by atoms with Gasteiger partial charge in [-0.2, -0.15) is 0 Å². The van der Waals surface area contributed by atoms with E-state index in [2.05, 4.69) is 5.32 Å². The second-order valence-electron chi connectivity index (χ2n) is 7.44. The van der Waals surface area contributed by atoms with E-state index in [9.17, 15) is 13.2 Å². The molecule has 0 unspecified atom stereocenters. The van der Waals surface area contributed by atoms with Crippen LogP contribution in [0, 0.1) is 13.8 Å². The highest BCUT2D eigenvalue weighted by molar-refractivity contribution is 7.92. The molecule has 7 nitrogen and oxygen atoms in total. The number of benzene rings is 3. The first-order valence-corrected chi connectivity index (χ1v) is 12.3. The minimum atomic E-state index is -4.10. The van der Waals surface area contributed by atoms with E-state index in [-0.39, 0.29) is 10.6 Å². The first-order valence-electron chi connectivity index (χ1n) is 10.1. The molecular weight excluding hydrogens is 499 g/mol. The van der Waals surface area contributed by atoms with Gasteiger partial charge in [-0.3, -0.25) is 9.10 Å². The van der Waals surface area contributed by atoms with Crippen LogP contribution in [0.5, 0.6) is 11.5 Å². The maximum atomic E-state index is 13.6. The largest absolute Gasteiger partial charge is 0.495 e. The van der Waals surface area contributed by atoms with Gasteiger partial charge in [0, 0.05) is 17.2 Å². The molecule has 0 radical (unpaired) electrons. The fraction of sp³-hybridized carbons (Fsp3) is 0.208. The Labute approximate surface area is 209 Å². The van der Waals surface area contributed by atoms with Crippen molar-refractivity contribution < 1.29 is 22.7 Å². The smallest absolute Gasteiger partial charge is 0.264 e. The summed E-state index contributed by atoms with van der Waals surface area (Å²) < 4.78 is 38.7. The zero-order valence-electron chi connectivity index (χ0n) is 19.1. The number of hydrogen-bond acceptors (Lipinski definition) is 5. The molecule has 0 bridgehead atoms. The van der Waals surface area contributed by atoms with Crippen molar-refractivity contribution >= 4 is 50.5 Å². The van der Waals surface area contributed by atoms with E-state index in [1.807, 2.05) is 6.92 Å². The van der Waals surface area contributed by atoms with E-state index < -0.39 is 22.5 Å². The molecule has 0 aliphatic rings. The quantitative estimate of drug-likeness (QED) is 0.424. The van der Waals surface area contributed by atoms with Crippen molar-refractivity contribution in [1.82, 2.24) is 0 Å². The molecule has 0 spiro atoms. The minimum absolute atomic E-state index is 0.0519. The van der Waals surface area contributed by atoms with E-state index in [0.29, 0.717) is 32.8 Å². The van der Waals surface area contributed by atoms with Crippen molar-refractivity contribution in [2.45, 2.75) is 18.7 Å². The number of anilines is 2. The molecule has 3 aromatic rings. The van der Waals surface area contributed by atoms with Crippen molar-refractivity contribution in [3.05, 3.63) is 75.8 Å². The lowest BCUT2D eigenvalue weighted by Crippen LogP contribution is -2.38. The van der Waals surface area contributed by atoms with Gasteiger partial charge in [0.05, 0.1) is 35.5 Å². The van der Waals surface area contributed by atoms with Crippen molar-refractivity contribution in [2.24, 2.45) is 0 Å². The second-order valence-corrected chi connectivity index (χ2v) is 10.1. The van der Waals surface area contributed by atoms with E-state index in [4.69, 9.17) is 32.7 Å². The number of nitrogens with one attached hydrogen (secondary N) is 1. The molecule has 1 amide bonds. The molecular formula is C24H24Cl2N2O5S. The van der Waals surface area contributed by atoms with Crippen LogP contribution in [0.25, 0.3) is 0 Å². The second kappa shape index (κ2) is 10.5. The Bertz CT molecular complexity index is 1310. The Morgan fingerprint density at radius 1 is 0.941 bits per heavy atom. The molecule has 0 saturated heterocycles. The number of sulfonamides is 1. The molecule has 0 saturated carbocycles. The molecule has 0 heterocycles. The standard InChI is InChI=1S/C24H24Cl2N2O5S/c1-15-8-10-17(11-9-15)34(30,31)28(21-7-5-6-18(25)16(21)2)14-24(29)27-20-13-22(32-3)19(26)12-23(20)33-4/h5-13H,14H2,1-4H3,(H,27,29). The first kappa shape index (κ1) is 25.7. The van der Waals surface area contributed by atoms with Gasteiger partial charge in [-0.05, 0) is 43.7 Å². The van der Waals surface area contributed by atoms with Gasteiger partial charge in [-0.25, -0.2) is 8.42 Å². The number of hydrogen-bond donors (Lipinski definition) is 1. The number of carbonyl (C=O) groups is 1. The van der Waals surface area contributed by atoms with Gasteiger partial charge in [0.15, 0.2) is 0 Å². The third kappa shape index (κ3) is 5.41. The Balaban J connectivity index is 2.02. The van der Waals surface area contributed by atoms with Gasteiger partial charge >= 0.3 is 0 Å². The lowest BCUT2D eigenvalue weighted by molar-refractivity contribution is -0.114. The van der Waals surface area contributed by atoms with Gasteiger partial charge in [-0.15, -0.1) is 0 Å². The average molecular weight is 523 g/mol. The normalized spacial score (nSPS) is 11.1. The van der Waals surface area contributed by atoms with Crippen LogP contribution in [0.3, 0.4) is 0 Å². The Kier molecular flexibility index (Phi) is 7.97. The van der Waals surface area contributed by atoms with Crippen LogP contribution in [-0.2, 0) is 14.8 Å². The summed E-state index contributed by atoms with van der Waals surface area (Å²) in [6.45, 7) is 3.04. The summed E-state index contributed by atoms with van der Waals surface area (Å²) in [7, 11) is -1.23. The van der Waals surface area contributed by atoms with Crippen LogP contribution < -0.4 is 19.1 Å². The number of ether oxygens (including phenoxy) is 2. The Hall–Kier alpha value is -2.94. The lowest BCUT2D eigenvalue weighted by atomic mass is 10.2. The zero-order valence-corrected chi connectivity index (χ0v) is 21.4. The van der Waals surface area contributed by atoms with Gasteiger partial charge < -0.3 is 14.8 Å². The summed E-state index contributed by atoms with van der Waals surface area (Å²) in [6.07, 6.45) is 0. The summed E-state index contributed by atoms with van der Waals surface area (Å²) in [5.41, 5.74) is 2.01. The van der Waals surface area contributed by atoms with Crippen LogP contribution in [0.15, 0.2) is 59.5 Å². The number of amides is 1. The molecule has 10 heteroatoms. The highest BCUT2D eigenvalue weighted by Gasteiger charge is 2.29. The SMILES string of the molecule is COc1cc(NC(=O)CN(c2cccc(Cl)c2C)S(=O)(=O)c2ccc(C)cc2)c(OC)cc1Cl. The summed E-state index contributed by atoms with van der Waals surface area (Å²) in [6, 6.07) is 14.3. The van der Waals surface area contributed by atoms with E-state index in [1.54, 1.807) is 37.3 Å². The van der Waals surface area contributed by atoms with Crippen molar-refractivity contribution in [1.29, 1.82) is 0 Å². The molecule has 1 N–H and O–H groups in total. The molecule has 0 aliphatic carbocycles. The molecule has 180 valence electrons. The number of carbonyl (C=O) groups excluding carboxylic acids is 1. The Morgan fingerprint density at radius 2 is 1.59 bits per heavy atom. The summed E-state index contributed by atoms with van der Waals surface area (Å²) in [4.78, 5) is 13.1. The Morgan fingerprint density at radius 3 is 2.21 bits per heavy atom. The topological polar surface area (TPSA) is 84.9 Å².